The van der Waals surface area contributed by atoms with Gasteiger partial charge in [0.2, 0.25) is 5.95 Å². The molecule has 0 radical (unpaired) electrons. The second-order valence-electron chi connectivity index (χ2n) is 7.42. The lowest BCUT2D eigenvalue weighted by atomic mass is 10.1. The fraction of sp³-hybridized carbons (Fsp3) is 0.130. The molecule has 0 saturated carbocycles. The molecule has 0 fully saturated rings. The summed E-state index contributed by atoms with van der Waals surface area (Å²) in [7, 11) is -2.94. The first-order valence-corrected chi connectivity index (χ1v) is 11.7. The van der Waals surface area contributed by atoms with Crippen LogP contribution in [-0.4, -0.2) is 31.3 Å². The van der Waals surface area contributed by atoms with E-state index in [2.05, 4.69) is 20.3 Å². The molecule has 2 N–H and O–H groups in total. The number of halogens is 1. The highest BCUT2D eigenvalue weighted by Gasteiger charge is 2.13. The molecule has 0 bridgehead atoms. The number of aromatic nitrogens is 3. The molecule has 0 saturated heterocycles. The van der Waals surface area contributed by atoms with Crippen molar-refractivity contribution in [3.63, 3.8) is 0 Å². The van der Waals surface area contributed by atoms with Gasteiger partial charge < -0.3 is 5.32 Å². The number of rotatable bonds is 5. The lowest BCUT2D eigenvalue weighted by molar-refractivity contribution is 0.0950. The van der Waals surface area contributed by atoms with Gasteiger partial charge in [0, 0.05) is 23.4 Å². The average molecular weight is 450 g/mol. The van der Waals surface area contributed by atoms with E-state index in [0.29, 0.717) is 38.6 Å². The van der Waals surface area contributed by atoms with Gasteiger partial charge in [-0.25, -0.2) is 19.0 Å². The maximum atomic E-state index is 13.4. The van der Waals surface area contributed by atoms with Crippen molar-refractivity contribution in [3.8, 4) is 11.4 Å². The van der Waals surface area contributed by atoms with Gasteiger partial charge >= 0.3 is 0 Å². The molecule has 3 heterocycles. The Morgan fingerprint density at radius 2 is 1.88 bits per heavy atom. The minimum absolute atomic E-state index is 0.157. The minimum atomic E-state index is -2.94. The van der Waals surface area contributed by atoms with Crippen LogP contribution in [0.3, 0.4) is 0 Å². The third kappa shape index (κ3) is 4.62. The molecule has 1 atom stereocenters. The molecule has 32 heavy (non-hydrogen) atoms. The van der Waals surface area contributed by atoms with Crippen molar-refractivity contribution in [2.45, 2.75) is 18.4 Å². The van der Waals surface area contributed by atoms with Gasteiger partial charge in [0.05, 0.1) is 43.8 Å². The summed E-state index contributed by atoms with van der Waals surface area (Å²) in [4.78, 5) is 25.7. The molecular formula is C23H20FN5O2S. The highest BCUT2D eigenvalue weighted by molar-refractivity contribution is 7.91. The second-order valence-corrected chi connectivity index (χ2v) is 9.54. The quantitative estimate of drug-likeness (QED) is 0.446. The van der Waals surface area contributed by atoms with E-state index < -0.39 is 15.7 Å². The van der Waals surface area contributed by atoms with Crippen LogP contribution in [0.15, 0.2) is 65.7 Å². The van der Waals surface area contributed by atoms with Crippen LogP contribution >= 0.6 is 0 Å². The van der Waals surface area contributed by atoms with Gasteiger partial charge in [-0.3, -0.25) is 9.78 Å². The van der Waals surface area contributed by atoms with Gasteiger partial charge in [0.25, 0.3) is 5.91 Å². The van der Waals surface area contributed by atoms with Crippen LogP contribution in [0, 0.1) is 17.7 Å². The summed E-state index contributed by atoms with van der Waals surface area (Å²) in [5, 5.41) is 3.59. The first-order chi connectivity index (χ1) is 15.2. The largest absolute Gasteiger partial charge is 0.346 e. The lowest BCUT2D eigenvalue weighted by Crippen LogP contribution is -2.23. The number of hydrogen-bond acceptors (Lipinski definition) is 6. The predicted molar refractivity (Wildman–Crippen MR) is 120 cm³/mol. The van der Waals surface area contributed by atoms with Gasteiger partial charge in [-0.05, 0) is 55.0 Å². The van der Waals surface area contributed by atoms with E-state index in [1.165, 1.54) is 18.4 Å². The maximum absolute atomic E-state index is 13.4. The molecule has 1 amide bonds. The molecule has 7 nitrogen and oxygen atoms in total. The highest BCUT2D eigenvalue weighted by Crippen LogP contribution is 2.20. The topological polar surface area (TPSA) is 109 Å². The standard InChI is InChI=1S/C23H20FN5O2S/c1-14-6-7-15(10-21(14)32(2,25)31)23(30)27-13-17-11-20-16(12-26-17)8-9-19(28-20)18-4-3-5-22(24)29-18/h3-12,25H,13H2,1-2H3,(H,27,30). The van der Waals surface area contributed by atoms with E-state index >= 15 is 0 Å². The number of aryl methyl sites for hydroxylation is 1. The van der Waals surface area contributed by atoms with E-state index in [1.54, 1.807) is 49.5 Å². The number of carbonyl (C=O) groups is 1. The Balaban J connectivity index is 1.55. The maximum Gasteiger partial charge on any atom is 0.251 e. The van der Waals surface area contributed by atoms with E-state index in [4.69, 9.17) is 4.78 Å². The first-order valence-electron chi connectivity index (χ1n) is 9.72. The molecule has 9 heteroatoms. The SMILES string of the molecule is Cc1ccc(C(=O)NCc2cc3nc(-c4cccc(F)n4)ccc3cn2)cc1S(C)(=N)=O. The third-order valence-corrected chi connectivity index (χ3v) is 6.19. The normalized spacial score (nSPS) is 13.0. The lowest BCUT2D eigenvalue weighted by Gasteiger charge is -2.10. The van der Waals surface area contributed by atoms with Crippen molar-refractivity contribution in [1.82, 2.24) is 20.3 Å². The van der Waals surface area contributed by atoms with E-state index in [9.17, 15) is 13.4 Å². The minimum Gasteiger partial charge on any atom is -0.346 e. The van der Waals surface area contributed by atoms with Crippen molar-refractivity contribution in [2.75, 3.05) is 6.26 Å². The van der Waals surface area contributed by atoms with Gasteiger partial charge in [-0.1, -0.05) is 12.1 Å². The fourth-order valence-corrected chi connectivity index (χ4v) is 4.32. The number of amides is 1. The van der Waals surface area contributed by atoms with Crippen LogP contribution < -0.4 is 5.32 Å². The molecule has 162 valence electrons. The summed E-state index contributed by atoms with van der Waals surface area (Å²) >= 11 is 0. The molecule has 1 aromatic carbocycles. The molecule has 4 rings (SSSR count). The van der Waals surface area contributed by atoms with Crippen molar-refractivity contribution in [2.24, 2.45) is 0 Å². The number of carbonyl (C=O) groups excluding carboxylic acids is 1. The second kappa shape index (κ2) is 8.43. The fourth-order valence-electron chi connectivity index (χ4n) is 3.28. The summed E-state index contributed by atoms with van der Waals surface area (Å²) in [5.74, 6) is -0.937. The number of nitrogens with one attached hydrogen (secondary N) is 2. The zero-order valence-electron chi connectivity index (χ0n) is 17.4. The Kier molecular flexibility index (Phi) is 5.67. The zero-order chi connectivity index (χ0) is 22.9. The van der Waals surface area contributed by atoms with Crippen LogP contribution in [0.5, 0.6) is 0 Å². The molecule has 4 aromatic rings. The van der Waals surface area contributed by atoms with Gasteiger partial charge in [-0.2, -0.15) is 4.39 Å². The zero-order valence-corrected chi connectivity index (χ0v) is 18.2. The molecule has 0 spiro atoms. The van der Waals surface area contributed by atoms with Gasteiger partial charge in [0.15, 0.2) is 0 Å². The summed E-state index contributed by atoms with van der Waals surface area (Å²) in [6.07, 6.45) is 2.99. The third-order valence-electron chi connectivity index (χ3n) is 4.91. The molecule has 0 aliphatic heterocycles. The van der Waals surface area contributed by atoms with Crippen LogP contribution in [0.2, 0.25) is 0 Å². The molecule has 0 aliphatic rings. The Bertz CT molecular complexity index is 1450. The van der Waals surface area contributed by atoms with E-state index in [-0.39, 0.29) is 12.5 Å². The van der Waals surface area contributed by atoms with Crippen molar-refractivity contribution in [1.29, 1.82) is 4.78 Å². The molecule has 0 aliphatic carbocycles. The van der Waals surface area contributed by atoms with E-state index in [1.807, 2.05) is 6.07 Å². The molecular weight excluding hydrogens is 429 g/mol. The number of fused-ring (bicyclic) bond motifs is 1. The van der Waals surface area contributed by atoms with Crippen LogP contribution in [0.1, 0.15) is 21.6 Å². The van der Waals surface area contributed by atoms with Crippen LogP contribution in [0.4, 0.5) is 4.39 Å². The summed E-state index contributed by atoms with van der Waals surface area (Å²) in [5.41, 5.74) is 3.22. The first kappa shape index (κ1) is 21.5. The monoisotopic (exact) mass is 449 g/mol. The van der Waals surface area contributed by atoms with Crippen LogP contribution in [0.25, 0.3) is 22.3 Å². The number of nitrogens with zero attached hydrogens (tertiary/aromatic N) is 3. The number of benzene rings is 1. The Labute approximate surface area is 184 Å². The summed E-state index contributed by atoms with van der Waals surface area (Å²) in [6.45, 7) is 1.92. The highest BCUT2D eigenvalue weighted by atomic mass is 32.2. The van der Waals surface area contributed by atoms with Crippen molar-refractivity contribution < 1.29 is 13.4 Å². The Morgan fingerprint density at radius 3 is 2.62 bits per heavy atom. The molecule has 1 unspecified atom stereocenters. The smallest absolute Gasteiger partial charge is 0.251 e. The molecule has 3 aromatic heterocycles. The van der Waals surface area contributed by atoms with Gasteiger partial charge in [0.1, 0.15) is 0 Å². The van der Waals surface area contributed by atoms with Crippen molar-refractivity contribution in [3.05, 3.63) is 83.6 Å². The number of pyridine rings is 3. The van der Waals surface area contributed by atoms with Crippen molar-refractivity contribution >= 4 is 26.5 Å². The Morgan fingerprint density at radius 1 is 1.09 bits per heavy atom. The van der Waals surface area contributed by atoms with E-state index in [0.717, 1.165) is 5.39 Å². The predicted octanol–water partition coefficient (Wildman–Crippen LogP) is 4.10. The van der Waals surface area contributed by atoms with Gasteiger partial charge in [-0.15, -0.1) is 0 Å². The summed E-state index contributed by atoms with van der Waals surface area (Å²) < 4.78 is 33.4. The average Bonchev–Trinajstić information content (AvgIpc) is 2.76. The summed E-state index contributed by atoms with van der Waals surface area (Å²) in [6, 6.07) is 14.7. The Hall–Kier alpha value is -3.72. The van der Waals surface area contributed by atoms with Crippen LogP contribution in [-0.2, 0) is 16.3 Å². The number of hydrogen-bond donors (Lipinski definition) is 2.